The molecule has 0 saturated carbocycles. The summed E-state index contributed by atoms with van der Waals surface area (Å²) in [4.78, 5) is 0. The van der Waals surface area contributed by atoms with Crippen molar-refractivity contribution < 1.29 is 33.9 Å². The largest absolute Gasteiger partial charge is 0.491 e. The van der Waals surface area contributed by atoms with Crippen LogP contribution in [-0.4, -0.2) is 46.3 Å². The maximum absolute atomic E-state index is 14.4. The second-order valence-corrected chi connectivity index (χ2v) is 7.68. The summed E-state index contributed by atoms with van der Waals surface area (Å²) in [6.45, 7) is 3.81. The number of aliphatic hydroxyl groups is 3. The highest BCUT2D eigenvalue weighted by Crippen LogP contribution is 2.48. The fourth-order valence-corrected chi connectivity index (χ4v) is 4.23. The van der Waals surface area contributed by atoms with Crippen LogP contribution in [0.1, 0.15) is 25.0 Å². The summed E-state index contributed by atoms with van der Waals surface area (Å²) in [5, 5.41) is 31.3. The molecule has 2 aromatic rings. The molecule has 2 aromatic carbocycles. The van der Waals surface area contributed by atoms with E-state index in [1.165, 1.54) is 12.1 Å². The average molecular weight is 425 g/mol. The van der Waals surface area contributed by atoms with E-state index in [2.05, 4.69) is 0 Å². The number of hydrogen-bond donors (Lipinski definition) is 3. The molecule has 0 radical (unpaired) electrons. The third-order valence-electron chi connectivity index (χ3n) is 5.46. The summed E-state index contributed by atoms with van der Waals surface area (Å²) < 4.78 is 31.2. The van der Waals surface area contributed by atoms with Crippen LogP contribution in [0.4, 0.5) is 4.39 Å². The van der Waals surface area contributed by atoms with E-state index in [4.69, 9.17) is 25.8 Å². The third kappa shape index (κ3) is 3.22. The molecule has 3 N–H and O–H groups in total. The van der Waals surface area contributed by atoms with Crippen LogP contribution in [0.15, 0.2) is 30.3 Å². The maximum Gasteiger partial charge on any atom is 0.225 e. The highest BCUT2D eigenvalue weighted by Gasteiger charge is 2.57. The van der Waals surface area contributed by atoms with Crippen LogP contribution in [0.25, 0.3) is 11.1 Å². The van der Waals surface area contributed by atoms with Crippen LogP contribution in [-0.2, 0) is 21.9 Å². The first-order chi connectivity index (χ1) is 13.8. The van der Waals surface area contributed by atoms with Crippen molar-refractivity contribution in [1.82, 2.24) is 0 Å². The van der Waals surface area contributed by atoms with Gasteiger partial charge in [-0.05, 0) is 49.2 Å². The van der Waals surface area contributed by atoms with Gasteiger partial charge in [0, 0.05) is 16.1 Å². The van der Waals surface area contributed by atoms with Crippen LogP contribution in [0, 0.1) is 5.82 Å². The topological polar surface area (TPSA) is 88.4 Å². The fourth-order valence-electron chi connectivity index (χ4n) is 3.93. The van der Waals surface area contributed by atoms with E-state index in [9.17, 15) is 19.7 Å². The molecule has 2 aliphatic heterocycles. The molecule has 2 aliphatic rings. The molecule has 0 aromatic heterocycles. The van der Waals surface area contributed by atoms with Crippen LogP contribution >= 0.6 is 11.6 Å². The van der Waals surface area contributed by atoms with Crippen molar-refractivity contribution in [3.63, 3.8) is 0 Å². The Bertz CT molecular complexity index is 938. The lowest BCUT2D eigenvalue weighted by Gasteiger charge is -2.45. The maximum atomic E-state index is 14.4. The van der Waals surface area contributed by atoms with Crippen LogP contribution in [0.3, 0.4) is 0 Å². The molecule has 1 spiro atoms. The zero-order chi connectivity index (χ0) is 20.9. The van der Waals surface area contributed by atoms with Gasteiger partial charge in [0.05, 0.1) is 19.3 Å². The Kier molecular flexibility index (Phi) is 5.31. The molecular formula is C21H22ClFO6. The molecule has 5 atom stereocenters. The Morgan fingerprint density at radius 1 is 1.21 bits per heavy atom. The van der Waals surface area contributed by atoms with Gasteiger partial charge in [0.25, 0.3) is 0 Å². The van der Waals surface area contributed by atoms with Gasteiger partial charge in [-0.1, -0.05) is 17.7 Å². The minimum Gasteiger partial charge on any atom is -0.491 e. The summed E-state index contributed by atoms with van der Waals surface area (Å²) in [7, 11) is 0. The normalized spacial score (nSPS) is 31.1. The summed E-state index contributed by atoms with van der Waals surface area (Å²) in [5.41, 5.74) is 2.19. The van der Waals surface area contributed by atoms with E-state index in [0.717, 1.165) is 0 Å². The van der Waals surface area contributed by atoms with E-state index in [0.29, 0.717) is 33.9 Å². The molecule has 8 heteroatoms. The van der Waals surface area contributed by atoms with Gasteiger partial charge in [0.2, 0.25) is 5.79 Å². The fraction of sp³-hybridized carbons (Fsp3) is 0.429. The second kappa shape index (κ2) is 7.50. The molecule has 1 fully saturated rings. The Morgan fingerprint density at radius 3 is 2.66 bits per heavy atom. The van der Waals surface area contributed by atoms with Crippen molar-refractivity contribution in [3.8, 4) is 16.9 Å². The minimum atomic E-state index is -1.64. The Labute approximate surface area is 172 Å². The average Bonchev–Trinajstić information content (AvgIpc) is 3.04. The monoisotopic (exact) mass is 424 g/mol. The highest BCUT2D eigenvalue weighted by atomic mass is 35.5. The molecule has 0 bridgehead atoms. The van der Waals surface area contributed by atoms with Gasteiger partial charge in [0.1, 0.15) is 18.3 Å². The number of ether oxygens (including phenoxy) is 3. The van der Waals surface area contributed by atoms with E-state index in [-0.39, 0.29) is 12.4 Å². The standard InChI is InChI=1S/C21H22ClFO6/c1-3-27-17-5-4-11(7-16(17)23)13-8-14-12(6-15(13)22)9-28-21(14)20(26)19(25)18(24)10(2)29-21/h4-8,10,18-20,24-26H,3,9H2,1-2H3/t10-,18-,19+,20-,21+/m1/s1. The summed E-state index contributed by atoms with van der Waals surface area (Å²) in [6.07, 6.45) is -5.00. The van der Waals surface area contributed by atoms with Gasteiger partial charge in [-0.25, -0.2) is 4.39 Å². The van der Waals surface area contributed by atoms with E-state index < -0.39 is 36.0 Å². The van der Waals surface area contributed by atoms with Crippen molar-refractivity contribution in [2.24, 2.45) is 0 Å². The first-order valence-electron chi connectivity index (χ1n) is 9.40. The Balaban J connectivity index is 1.80. The third-order valence-corrected chi connectivity index (χ3v) is 5.77. The van der Waals surface area contributed by atoms with Gasteiger partial charge >= 0.3 is 0 Å². The van der Waals surface area contributed by atoms with Crippen LogP contribution < -0.4 is 4.74 Å². The zero-order valence-electron chi connectivity index (χ0n) is 15.9. The Morgan fingerprint density at radius 2 is 1.97 bits per heavy atom. The summed E-state index contributed by atoms with van der Waals surface area (Å²) in [5.74, 6) is -2.02. The molecule has 6 nitrogen and oxygen atoms in total. The van der Waals surface area contributed by atoms with E-state index in [1.54, 1.807) is 32.0 Å². The van der Waals surface area contributed by atoms with Crippen molar-refractivity contribution in [2.75, 3.05) is 6.61 Å². The summed E-state index contributed by atoms with van der Waals surface area (Å²) in [6, 6.07) is 7.87. The van der Waals surface area contributed by atoms with Gasteiger partial charge in [-0.3, -0.25) is 0 Å². The second-order valence-electron chi connectivity index (χ2n) is 7.27. The SMILES string of the molecule is CCOc1ccc(-c2cc3c(cc2Cl)CO[C@]32O[C@H](C)[C@@H](O)[C@H](O)[C@H]2O)cc1F. The minimum absolute atomic E-state index is 0.111. The molecule has 29 heavy (non-hydrogen) atoms. The molecular weight excluding hydrogens is 403 g/mol. The van der Waals surface area contributed by atoms with Crippen LogP contribution in [0.5, 0.6) is 5.75 Å². The van der Waals surface area contributed by atoms with Crippen LogP contribution in [0.2, 0.25) is 5.02 Å². The Hall–Kier alpha value is -1.74. The molecule has 0 aliphatic carbocycles. The van der Waals surface area contributed by atoms with Gasteiger partial charge in [-0.15, -0.1) is 0 Å². The number of benzene rings is 2. The highest BCUT2D eigenvalue weighted by molar-refractivity contribution is 6.33. The predicted molar refractivity (Wildman–Crippen MR) is 103 cm³/mol. The van der Waals surface area contributed by atoms with Gasteiger partial charge in [0.15, 0.2) is 11.6 Å². The first-order valence-corrected chi connectivity index (χ1v) is 9.78. The van der Waals surface area contributed by atoms with E-state index >= 15 is 0 Å². The van der Waals surface area contributed by atoms with Crippen molar-refractivity contribution in [3.05, 3.63) is 52.3 Å². The molecule has 0 unspecified atom stereocenters. The summed E-state index contributed by atoms with van der Waals surface area (Å²) >= 11 is 6.44. The van der Waals surface area contributed by atoms with Crippen molar-refractivity contribution in [1.29, 1.82) is 0 Å². The number of halogens is 2. The van der Waals surface area contributed by atoms with E-state index in [1.807, 2.05) is 0 Å². The first kappa shape index (κ1) is 20.5. The lowest BCUT2D eigenvalue weighted by Crippen LogP contribution is -2.61. The van der Waals surface area contributed by atoms with Gasteiger partial charge in [-0.2, -0.15) is 0 Å². The molecule has 2 heterocycles. The zero-order valence-corrected chi connectivity index (χ0v) is 16.7. The molecule has 4 rings (SSSR count). The molecule has 1 saturated heterocycles. The lowest BCUT2D eigenvalue weighted by atomic mass is 9.86. The molecule has 0 amide bonds. The smallest absolute Gasteiger partial charge is 0.225 e. The van der Waals surface area contributed by atoms with Crippen molar-refractivity contribution in [2.45, 2.75) is 50.7 Å². The number of hydrogen-bond acceptors (Lipinski definition) is 6. The lowest BCUT2D eigenvalue weighted by molar-refractivity contribution is -0.362. The quantitative estimate of drug-likeness (QED) is 0.702. The number of aliphatic hydroxyl groups excluding tert-OH is 3. The van der Waals surface area contributed by atoms with Gasteiger partial charge < -0.3 is 29.5 Å². The van der Waals surface area contributed by atoms with Crippen molar-refractivity contribution >= 4 is 11.6 Å². The predicted octanol–water partition coefficient (Wildman–Crippen LogP) is 2.73. The molecule has 156 valence electrons. The number of rotatable bonds is 3. The number of fused-ring (bicyclic) bond motifs is 2.